The molecule has 27 heavy (non-hydrogen) atoms. The number of fused-ring (bicyclic) bond motifs is 2. The summed E-state index contributed by atoms with van der Waals surface area (Å²) in [6.45, 7) is 0. The number of hydrogen-bond acceptors (Lipinski definition) is 7. The Morgan fingerprint density at radius 2 is 1.78 bits per heavy atom. The number of non-ortho nitro benzene ring substituents is 1. The smallest absolute Gasteiger partial charge is 0.326 e. The largest absolute Gasteiger partial charge is 0.332 e. The van der Waals surface area contributed by atoms with E-state index in [9.17, 15) is 24.5 Å². The number of thiazole rings is 1. The van der Waals surface area contributed by atoms with Gasteiger partial charge in [-0.2, -0.15) is 0 Å². The van der Waals surface area contributed by atoms with Gasteiger partial charge in [0.25, 0.3) is 11.2 Å². The molecule has 1 aromatic carbocycles. The summed E-state index contributed by atoms with van der Waals surface area (Å²) in [4.78, 5) is 50.4. The van der Waals surface area contributed by atoms with Gasteiger partial charge in [-0.1, -0.05) is 23.5 Å². The summed E-state index contributed by atoms with van der Waals surface area (Å²) in [5.41, 5.74) is -0.166. The highest BCUT2D eigenvalue weighted by atomic mass is 32.1. The van der Waals surface area contributed by atoms with Crippen LogP contribution in [0.25, 0.3) is 0 Å². The number of nitrogens with one attached hydrogen (secondary N) is 2. The summed E-state index contributed by atoms with van der Waals surface area (Å²) >= 11 is 0.949. The van der Waals surface area contributed by atoms with Crippen molar-refractivity contribution >= 4 is 28.7 Å². The Hall–Kier alpha value is -3.47. The molecule has 10 nitrogen and oxygen atoms in total. The van der Waals surface area contributed by atoms with Crippen LogP contribution in [0, 0.1) is 10.1 Å². The third-order valence-corrected chi connectivity index (χ3v) is 5.55. The molecular weight excluding hydrogens is 374 g/mol. The second kappa shape index (κ2) is 5.77. The number of benzene rings is 1. The molecule has 3 aromatic rings. The Balaban J connectivity index is 2.05. The van der Waals surface area contributed by atoms with Crippen molar-refractivity contribution in [3.05, 3.63) is 80.9 Å². The first-order valence-corrected chi connectivity index (χ1v) is 8.65. The van der Waals surface area contributed by atoms with Crippen LogP contribution in [0.3, 0.4) is 0 Å². The molecule has 138 valence electrons. The topological polar surface area (TPSA) is 132 Å². The lowest BCUT2D eigenvalue weighted by Gasteiger charge is -2.27. The molecule has 0 saturated heterocycles. The van der Waals surface area contributed by atoms with E-state index in [4.69, 9.17) is 0 Å². The molecule has 0 aliphatic carbocycles. The van der Waals surface area contributed by atoms with Gasteiger partial charge in [-0.25, -0.2) is 4.79 Å². The quantitative estimate of drug-likeness (QED) is 0.389. The molecule has 11 heteroatoms. The Bertz CT molecular complexity index is 1260. The van der Waals surface area contributed by atoms with Crippen LogP contribution < -0.4 is 21.4 Å². The number of aromatic nitrogens is 3. The van der Waals surface area contributed by atoms with Crippen LogP contribution in [-0.4, -0.2) is 19.0 Å². The average Bonchev–Trinajstić information content (AvgIpc) is 3.02. The van der Waals surface area contributed by atoms with Gasteiger partial charge in [0, 0.05) is 26.2 Å². The molecule has 1 atom stereocenters. The fourth-order valence-corrected chi connectivity index (χ4v) is 4.20. The van der Waals surface area contributed by atoms with Gasteiger partial charge in [-0.3, -0.25) is 33.8 Å². The van der Waals surface area contributed by atoms with E-state index in [2.05, 4.69) is 10.3 Å². The lowest BCUT2D eigenvalue weighted by atomic mass is 9.88. The Labute approximate surface area is 154 Å². The molecule has 0 amide bonds. The van der Waals surface area contributed by atoms with E-state index in [1.54, 1.807) is 12.1 Å². The van der Waals surface area contributed by atoms with E-state index >= 15 is 0 Å². The van der Waals surface area contributed by atoms with Crippen molar-refractivity contribution in [2.45, 2.75) is 5.92 Å². The highest BCUT2D eigenvalue weighted by molar-refractivity contribution is 7.10. The number of H-pyrrole nitrogens is 1. The minimum Gasteiger partial charge on any atom is -0.326 e. The van der Waals surface area contributed by atoms with Crippen molar-refractivity contribution < 1.29 is 4.92 Å². The van der Waals surface area contributed by atoms with Crippen molar-refractivity contribution in [1.29, 1.82) is 0 Å². The summed E-state index contributed by atoms with van der Waals surface area (Å²) in [5.74, 6) is 0.0589. The molecule has 0 fully saturated rings. The highest BCUT2D eigenvalue weighted by Crippen LogP contribution is 2.43. The second-order valence-electron chi connectivity index (χ2n) is 6.13. The van der Waals surface area contributed by atoms with E-state index in [1.807, 2.05) is 0 Å². The highest BCUT2D eigenvalue weighted by Gasteiger charge is 2.35. The van der Waals surface area contributed by atoms with Gasteiger partial charge in [0.05, 0.1) is 21.3 Å². The fraction of sp³-hybridized carbons (Fsp3) is 0.188. The van der Waals surface area contributed by atoms with Gasteiger partial charge in [0.15, 0.2) is 0 Å². The van der Waals surface area contributed by atoms with Crippen molar-refractivity contribution in [2.75, 3.05) is 5.32 Å². The van der Waals surface area contributed by atoms with Crippen LogP contribution in [-0.2, 0) is 14.1 Å². The first-order valence-electron chi connectivity index (χ1n) is 7.84. The normalized spacial score (nSPS) is 15.0. The Morgan fingerprint density at radius 3 is 2.41 bits per heavy atom. The fourth-order valence-electron chi connectivity index (χ4n) is 3.27. The number of aromatic amines is 1. The second-order valence-corrected chi connectivity index (χ2v) is 7.14. The van der Waals surface area contributed by atoms with Crippen LogP contribution in [0.4, 0.5) is 17.3 Å². The number of nitro groups is 1. The average molecular weight is 387 g/mol. The number of nitro benzene ring substituents is 1. The van der Waals surface area contributed by atoms with Crippen molar-refractivity contribution in [1.82, 2.24) is 14.1 Å². The number of nitrogens with zero attached hydrogens (tertiary/aromatic N) is 3. The number of hydrogen-bond donors (Lipinski definition) is 2. The van der Waals surface area contributed by atoms with E-state index in [0.29, 0.717) is 21.8 Å². The zero-order valence-electron chi connectivity index (χ0n) is 14.2. The molecule has 2 aromatic heterocycles. The SMILES string of the molecule is Cn1c2c(c(=O)n(C)c1=O)C(c1ccc([N+](=O)[O-])cc1)c1sc(=O)[nH]c1N2. The maximum absolute atomic E-state index is 12.9. The molecule has 1 aliphatic heterocycles. The van der Waals surface area contributed by atoms with E-state index < -0.39 is 22.1 Å². The molecule has 0 bridgehead atoms. The third kappa shape index (κ3) is 2.43. The van der Waals surface area contributed by atoms with Crippen LogP contribution in [0.2, 0.25) is 0 Å². The monoisotopic (exact) mass is 387 g/mol. The van der Waals surface area contributed by atoms with Gasteiger partial charge >= 0.3 is 10.6 Å². The summed E-state index contributed by atoms with van der Waals surface area (Å²) in [5, 5.41) is 13.9. The maximum Gasteiger partial charge on any atom is 0.332 e. The van der Waals surface area contributed by atoms with Crippen LogP contribution in [0.5, 0.6) is 0 Å². The third-order valence-electron chi connectivity index (χ3n) is 4.61. The lowest BCUT2D eigenvalue weighted by molar-refractivity contribution is -0.384. The standard InChI is InChI=1S/C16H13N5O5S/c1-19-13-10(14(22)20(2)16(19)24)9(11-12(17-13)18-15(23)27-11)7-3-5-8(6-4-7)21(25)26/h3-6,9,17H,1-2H3,(H,18,23). The van der Waals surface area contributed by atoms with Gasteiger partial charge in [0.1, 0.15) is 11.6 Å². The number of anilines is 2. The molecule has 0 radical (unpaired) electrons. The van der Waals surface area contributed by atoms with Gasteiger partial charge in [-0.05, 0) is 5.56 Å². The molecule has 0 saturated carbocycles. The zero-order valence-corrected chi connectivity index (χ0v) is 15.0. The molecule has 3 heterocycles. The maximum atomic E-state index is 12.9. The van der Waals surface area contributed by atoms with Crippen LogP contribution in [0.15, 0.2) is 38.6 Å². The minimum absolute atomic E-state index is 0.0799. The Morgan fingerprint density at radius 1 is 1.11 bits per heavy atom. The molecular formula is C16H13N5O5S. The molecule has 2 N–H and O–H groups in total. The van der Waals surface area contributed by atoms with Crippen molar-refractivity contribution in [2.24, 2.45) is 14.1 Å². The van der Waals surface area contributed by atoms with Crippen molar-refractivity contribution in [3.8, 4) is 0 Å². The molecule has 1 aliphatic rings. The van der Waals surface area contributed by atoms with E-state index in [1.165, 1.54) is 30.8 Å². The number of rotatable bonds is 2. The van der Waals surface area contributed by atoms with E-state index in [0.717, 1.165) is 15.9 Å². The Kier molecular flexibility index (Phi) is 3.63. The van der Waals surface area contributed by atoms with Gasteiger partial charge in [-0.15, -0.1) is 0 Å². The molecule has 4 rings (SSSR count). The van der Waals surface area contributed by atoms with E-state index in [-0.39, 0.29) is 16.4 Å². The molecule has 1 unspecified atom stereocenters. The predicted molar refractivity (Wildman–Crippen MR) is 99.2 cm³/mol. The summed E-state index contributed by atoms with van der Waals surface area (Å²) < 4.78 is 2.30. The van der Waals surface area contributed by atoms with Crippen LogP contribution in [0.1, 0.15) is 21.9 Å². The van der Waals surface area contributed by atoms with Crippen LogP contribution >= 0.6 is 11.3 Å². The summed E-state index contributed by atoms with van der Waals surface area (Å²) in [7, 11) is 2.91. The van der Waals surface area contributed by atoms with Gasteiger partial charge < -0.3 is 5.32 Å². The van der Waals surface area contributed by atoms with Gasteiger partial charge in [0.2, 0.25) is 0 Å². The lowest BCUT2D eigenvalue weighted by Crippen LogP contribution is -2.42. The summed E-state index contributed by atoms with van der Waals surface area (Å²) in [6, 6.07) is 5.80. The van der Waals surface area contributed by atoms with Crippen molar-refractivity contribution in [3.63, 3.8) is 0 Å². The minimum atomic E-state index is -0.633. The zero-order chi connectivity index (χ0) is 19.5. The summed E-state index contributed by atoms with van der Waals surface area (Å²) in [6.07, 6.45) is 0. The first-order chi connectivity index (χ1) is 12.8. The molecule has 0 spiro atoms. The first kappa shape index (κ1) is 17.0. The predicted octanol–water partition coefficient (Wildman–Crippen LogP) is 0.979.